The minimum atomic E-state index is 0.509. The summed E-state index contributed by atoms with van der Waals surface area (Å²) in [5.74, 6) is 1.76. The monoisotopic (exact) mass is 283 g/mol. The summed E-state index contributed by atoms with van der Waals surface area (Å²) in [5.41, 5.74) is 0.836. The van der Waals surface area contributed by atoms with Gasteiger partial charge in [-0.25, -0.2) is 0 Å². The fraction of sp³-hybridized carbons (Fsp3) is 0.375. The van der Waals surface area contributed by atoms with Crippen molar-refractivity contribution in [2.45, 2.75) is 38.3 Å². The molecule has 5 nitrogen and oxygen atoms in total. The van der Waals surface area contributed by atoms with Gasteiger partial charge in [0.15, 0.2) is 5.76 Å². The molecule has 1 aliphatic rings. The topological polar surface area (TPSA) is 64.1 Å². The Hall–Kier alpha value is -2.14. The molecule has 0 spiro atoms. The molecule has 5 heteroatoms. The van der Waals surface area contributed by atoms with Crippen molar-refractivity contribution in [2.75, 3.05) is 0 Å². The van der Waals surface area contributed by atoms with Gasteiger partial charge in [0, 0.05) is 11.4 Å². The van der Waals surface area contributed by atoms with Crippen LogP contribution in [0, 0.1) is 0 Å². The van der Waals surface area contributed by atoms with Gasteiger partial charge in [-0.2, -0.15) is 4.98 Å². The summed E-state index contributed by atoms with van der Waals surface area (Å²) in [4.78, 5) is 4.40. The highest BCUT2D eigenvalue weighted by atomic mass is 16.5. The maximum absolute atomic E-state index is 5.74. The van der Waals surface area contributed by atoms with Crippen LogP contribution in [0.5, 0.6) is 0 Å². The van der Waals surface area contributed by atoms with Gasteiger partial charge in [-0.05, 0) is 25.0 Å². The lowest BCUT2D eigenvalue weighted by molar-refractivity contribution is 0.356. The van der Waals surface area contributed by atoms with Crippen molar-refractivity contribution in [3.05, 3.63) is 36.2 Å². The molecule has 1 fully saturated rings. The number of benzene rings is 1. The lowest BCUT2D eigenvalue weighted by atomic mass is 10.2. The van der Waals surface area contributed by atoms with E-state index in [0.29, 0.717) is 30.1 Å². The van der Waals surface area contributed by atoms with Crippen molar-refractivity contribution >= 4 is 11.0 Å². The second-order valence-corrected chi connectivity index (χ2v) is 5.52. The van der Waals surface area contributed by atoms with Crippen LogP contribution in [-0.4, -0.2) is 16.2 Å². The third-order valence-corrected chi connectivity index (χ3v) is 4.01. The predicted octanol–water partition coefficient (Wildman–Crippen LogP) is 3.52. The smallest absolute Gasteiger partial charge is 0.241 e. The summed E-state index contributed by atoms with van der Waals surface area (Å²) in [7, 11) is 0. The Bertz CT molecular complexity index is 708. The molecule has 1 saturated carbocycles. The summed E-state index contributed by atoms with van der Waals surface area (Å²) in [6, 6.07) is 10.4. The fourth-order valence-electron chi connectivity index (χ4n) is 2.88. The summed E-state index contributed by atoms with van der Waals surface area (Å²) in [6.07, 6.45) is 5.10. The summed E-state index contributed by atoms with van der Waals surface area (Å²) in [6.45, 7) is 0.623. The van der Waals surface area contributed by atoms with Crippen LogP contribution < -0.4 is 5.32 Å². The van der Waals surface area contributed by atoms with E-state index in [-0.39, 0.29) is 0 Å². The molecule has 0 atom stereocenters. The molecule has 108 valence electrons. The van der Waals surface area contributed by atoms with Crippen LogP contribution in [0.25, 0.3) is 22.6 Å². The molecule has 0 amide bonds. The molecule has 2 heterocycles. The first-order valence-electron chi connectivity index (χ1n) is 7.43. The molecule has 0 saturated heterocycles. The molecule has 0 bridgehead atoms. The molecule has 1 aromatic carbocycles. The summed E-state index contributed by atoms with van der Waals surface area (Å²) in [5, 5.41) is 8.51. The van der Waals surface area contributed by atoms with E-state index in [1.807, 2.05) is 30.3 Å². The first kappa shape index (κ1) is 12.6. The number of hydrogen-bond donors (Lipinski definition) is 1. The molecule has 4 rings (SSSR count). The number of rotatable bonds is 4. The van der Waals surface area contributed by atoms with Crippen molar-refractivity contribution in [3.63, 3.8) is 0 Å². The minimum absolute atomic E-state index is 0.509. The maximum Gasteiger partial charge on any atom is 0.241 e. The van der Waals surface area contributed by atoms with Crippen molar-refractivity contribution < 1.29 is 8.94 Å². The molecule has 1 aliphatic carbocycles. The summed E-state index contributed by atoms with van der Waals surface area (Å²) >= 11 is 0. The van der Waals surface area contributed by atoms with Crippen LogP contribution in [0.2, 0.25) is 0 Å². The number of hydrogen-bond acceptors (Lipinski definition) is 5. The van der Waals surface area contributed by atoms with Gasteiger partial charge in [0.2, 0.25) is 11.7 Å². The van der Waals surface area contributed by atoms with Gasteiger partial charge in [-0.1, -0.05) is 36.2 Å². The highest BCUT2D eigenvalue weighted by Crippen LogP contribution is 2.25. The second-order valence-electron chi connectivity index (χ2n) is 5.52. The van der Waals surface area contributed by atoms with Gasteiger partial charge in [0.25, 0.3) is 0 Å². The van der Waals surface area contributed by atoms with Crippen molar-refractivity contribution in [1.82, 2.24) is 15.5 Å². The van der Waals surface area contributed by atoms with Gasteiger partial charge in [-0.15, -0.1) is 0 Å². The van der Waals surface area contributed by atoms with Crippen molar-refractivity contribution in [1.29, 1.82) is 0 Å². The van der Waals surface area contributed by atoms with E-state index in [1.54, 1.807) is 0 Å². The van der Waals surface area contributed by atoms with Gasteiger partial charge >= 0.3 is 0 Å². The van der Waals surface area contributed by atoms with Gasteiger partial charge in [0.1, 0.15) is 5.58 Å². The first-order valence-corrected chi connectivity index (χ1v) is 7.43. The predicted molar refractivity (Wildman–Crippen MR) is 78.6 cm³/mol. The van der Waals surface area contributed by atoms with E-state index in [1.165, 1.54) is 25.7 Å². The summed E-state index contributed by atoms with van der Waals surface area (Å²) < 4.78 is 11.0. The molecular formula is C16H17N3O2. The van der Waals surface area contributed by atoms with Crippen LogP contribution in [0.15, 0.2) is 39.3 Å². The van der Waals surface area contributed by atoms with Crippen LogP contribution in [0.3, 0.4) is 0 Å². The van der Waals surface area contributed by atoms with Gasteiger partial charge in [0.05, 0.1) is 6.54 Å². The lowest BCUT2D eigenvalue weighted by Gasteiger charge is -2.08. The zero-order valence-electron chi connectivity index (χ0n) is 11.7. The number of fused-ring (bicyclic) bond motifs is 1. The van der Waals surface area contributed by atoms with Crippen molar-refractivity contribution in [2.24, 2.45) is 0 Å². The Labute approximate surface area is 122 Å². The van der Waals surface area contributed by atoms with Crippen LogP contribution in [0.4, 0.5) is 0 Å². The first-order chi connectivity index (χ1) is 10.4. The highest BCUT2D eigenvalue weighted by Gasteiger charge is 2.17. The third-order valence-electron chi connectivity index (χ3n) is 4.01. The Kier molecular flexibility index (Phi) is 3.20. The van der Waals surface area contributed by atoms with E-state index in [4.69, 9.17) is 8.94 Å². The molecule has 1 N–H and O–H groups in total. The maximum atomic E-state index is 5.74. The Morgan fingerprint density at radius 3 is 2.90 bits per heavy atom. The third kappa shape index (κ3) is 2.56. The molecule has 0 aliphatic heterocycles. The Balaban J connectivity index is 1.50. The average Bonchev–Trinajstić information content (AvgIpc) is 3.24. The van der Waals surface area contributed by atoms with E-state index in [2.05, 4.69) is 15.5 Å². The molecular weight excluding hydrogens is 266 g/mol. The standard InChI is InChI=1S/C16H17N3O2/c1-4-8-13-11(5-1)9-14(20-13)16-18-15(21-19-16)10-17-12-6-2-3-7-12/h1,4-5,8-9,12,17H,2-3,6-7,10H2. The average molecular weight is 283 g/mol. The Morgan fingerprint density at radius 1 is 1.19 bits per heavy atom. The number of aromatic nitrogens is 2. The molecule has 21 heavy (non-hydrogen) atoms. The van der Waals surface area contributed by atoms with Crippen LogP contribution >= 0.6 is 0 Å². The van der Waals surface area contributed by atoms with Gasteiger partial charge < -0.3 is 14.3 Å². The van der Waals surface area contributed by atoms with E-state index in [0.717, 1.165) is 11.0 Å². The number of nitrogens with one attached hydrogen (secondary N) is 1. The Morgan fingerprint density at radius 2 is 2.05 bits per heavy atom. The fourth-order valence-corrected chi connectivity index (χ4v) is 2.88. The SMILES string of the molecule is c1ccc2oc(-c3noc(CNC4CCCC4)n3)cc2c1. The molecule has 0 radical (unpaired) electrons. The van der Waals surface area contributed by atoms with Crippen molar-refractivity contribution in [3.8, 4) is 11.6 Å². The lowest BCUT2D eigenvalue weighted by Crippen LogP contribution is -2.25. The van der Waals surface area contributed by atoms with Gasteiger partial charge in [-0.3, -0.25) is 0 Å². The van der Waals surface area contributed by atoms with E-state index < -0.39 is 0 Å². The number of furan rings is 1. The van der Waals surface area contributed by atoms with Crippen LogP contribution in [0.1, 0.15) is 31.6 Å². The molecule has 2 aromatic heterocycles. The molecule has 0 unspecified atom stereocenters. The highest BCUT2D eigenvalue weighted by molar-refractivity contribution is 5.81. The second kappa shape index (κ2) is 5.33. The zero-order chi connectivity index (χ0) is 14.1. The normalized spacial score (nSPS) is 16.0. The quantitative estimate of drug-likeness (QED) is 0.793. The number of nitrogens with zero attached hydrogens (tertiary/aromatic N) is 2. The zero-order valence-corrected chi connectivity index (χ0v) is 11.7. The van der Waals surface area contributed by atoms with E-state index >= 15 is 0 Å². The molecule has 3 aromatic rings. The van der Waals surface area contributed by atoms with Crippen LogP contribution in [-0.2, 0) is 6.54 Å². The number of para-hydroxylation sites is 1. The minimum Gasteiger partial charge on any atom is -0.453 e. The van der Waals surface area contributed by atoms with E-state index in [9.17, 15) is 0 Å². The largest absolute Gasteiger partial charge is 0.453 e.